The van der Waals surface area contributed by atoms with Gasteiger partial charge in [-0.25, -0.2) is 0 Å². The maximum absolute atomic E-state index is 5.52. The van der Waals surface area contributed by atoms with Gasteiger partial charge in [0.05, 0.1) is 6.04 Å². The number of nitrogens with one attached hydrogen (secondary N) is 1. The van der Waals surface area contributed by atoms with Crippen molar-refractivity contribution in [3.63, 3.8) is 0 Å². The molecular weight excluding hydrogens is 178 g/mol. The quantitative estimate of drug-likeness (QED) is 0.457. The summed E-state index contributed by atoms with van der Waals surface area (Å²) >= 11 is 0. The topological polar surface area (TPSA) is 30.5 Å². The maximum atomic E-state index is 5.52. The van der Waals surface area contributed by atoms with Crippen LogP contribution in [0, 0.1) is 0 Å². The van der Waals surface area contributed by atoms with Crippen LogP contribution in [0.4, 0.5) is 0 Å². The van der Waals surface area contributed by atoms with Crippen molar-refractivity contribution in [2.45, 2.75) is 39.5 Å². The van der Waals surface area contributed by atoms with Crippen molar-refractivity contribution < 1.29 is 9.47 Å². The molecule has 0 aromatic rings. The molecule has 1 unspecified atom stereocenters. The van der Waals surface area contributed by atoms with Crippen LogP contribution < -0.4 is 5.32 Å². The Bertz CT molecular complexity index is 133. The Kier molecular flexibility index (Phi) is 8.94. The predicted octanol–water partition coefficient (Wildman–Crippen LogP) is 1.94. The lowest BCUT2D eigenvalue weighted by atomic mass is 10.2. The van der Waals surface area contributed by atoms with Gasteiger partial charge in [0, 0.05) is 13.2 Å². The molecule has 0 aliphatic rings. The molecule has 0 aromatic carbocycles. The van der Waals surface area contributed by atoms with Crippen LogP contribution in [0.2, 0.25) is 0 Å². The summed E-state index contributed by atoms with van der Waals surface area (Å²) in [5.41, 5.74) is 0. The van der Waals surface area contributed by atoms with Gasteiger partial charge < -0.3 is 14.8 Å². The number of likely N-dealkylation sites (N-methyl/N-ethyl adjacent to an activating group) is 1. The first kappa shape index (κ1) is 13.6. The first-order valence-electron chi connectivity index (χ1n) is 5.37. The molecule has 1 N–H and O–H groups in total. The van der Waals surface area contributed by atoms with E-state index in [1.54, 1.807) is 0 Å². The number of ether oxygens (including phenoxy) is 2. The minimum absolute atomic E-state index is 0.164. The molecule has 14 heavy (non-hydrogen) atoms. The summed E-state index contributed by atoms with van der Waals surface area (Å²) in [7, 11) is 0. The Morgan fingerprint density at radius 3 is 2.14 bits per heavy atom. The van der Waals surface area contributed by atoms with Gasteiger partial charge in [-0.2, -0.15) is 0 Å². The Labute approximate surface area is 87.5 Å². The molecule has 0 fully saturated rings. The molecular formula is C11H23NO2. The molecule has 0 saturated heterocycles. The van der Waals surface area contributed by atoms with E-state index < -0.39 is 0 Å². The molecule has 3 nitrogen and oxygen atoms in total. The number of hydrogen-bond donors (Lipinski definition) is 1. The lowest BCUT2D eigenvalue weighted by molar-refractivity contribution is -0.153. The van der Waals surface area contributed by atoms with E-state index in [-0.39, 0.29) is 12.3 Å². The largest absolute Gasteiger partial charge is 0.351 e. The fraction of sp³-hybridized carbons (Fsp3) is 0.818. The second kappa shape index (κ2) is 9.19. The SMILES string of the molecule is C=CCC(NCC)C(OCC)OCC. The standard InChI is InChI=1S/C11H23NO2/c1-5-9-10(12-6-2)11(13-7-3)14-8-4/h5,10-12H,1,6-9H2,2-4H3. The zero-order chi connectivity index (χ0) is 10.8. The Morgan fingerprint density at radius 2 is 1.79 bits per heavy atom. The summed E-state index contributed by atoms with van der Waals surface area (Å²) in [6, 6.07) is 0.206. The number of rotatable bonds is 9. The maximum Gasteiger partial charge on any atom is 0.172 e. The predicted molar refractivity (Wildman–Crippen MR) is 59.3 cm³/mol. The Morgan fingerprint density at radius 1 is 1.21 bits per heavy atom. The van der Waals surface area contributed by atoms with Crippen molar-refractivity contribution in [1.29, 1.82) is 0 Å². The highest BCUT2D eigenvalue weighted by Gasteiger charge is 2.19. The summed E-state index contributed by atoms with van der Waals surface area (Å²) in [4.78, 5) is 0. The molecule has 0 radical (unpaired) electrons. The molecule has 0 heterocycles. The Balaban J connectivity index is 4.12. The summed E-state index contributed by atoms with van der Waals surface area (Å²) < 4.78 is 11.0. The van der Waals surface area contributed by atoms with Gasteiger partial charge in [-0.15, -0.1) is 6.58 Å². The molecule has 0 spiro atoms. The molecule has 1 atom stereocenters. The molecule has 0 amide bonds. The highest BCUT2D eigenvalue weighted by molar-refractivity contribution is 4.80. The van der Waals surface area contributed by atoms with E-state index in [4.69, 9.17) is 9.47 Å². The van der Waals surface area contributed by atoms with Crippen LogP contribution >= 0.6 is 0 Å². The molecule has 0 aliphatic heterocycles. The van der Waals surface area contributed by atoms with Gasteiger partial charge >= 0.3 is 0 Å². The summed E-state index contributed by atoms with van der Waals surface area (Å²) in [5, 5.41) is 3.33. The molecule has 3 heteroatoms. The first-order valence-corrected chi connectivity index (χ1v) is 5.37. The van der Waals surface area contributed by atoms with Crippen LogP contribution in [0.5, 0.6) is 0 Å². The fourth-order valence-electron chi connectivity index (χ4n) is 1.34. The third-order valence-electron chi connectivity index (χ3n) is 1.88. The van der Waals surface area contributed by atoms with Gasteiger partial charge in [0.15, 0.2) is 6.29 Å². The van der Waals surface area contributed by atoms with Gasteiger partial charge in [-0.3, -0.25) is 0 Å². The second-order valence-electron chi connectivity index (χ2n) is 2.97. The summed E-state index contributed by atoms with van der Waals surface area (Å²) in [6.45, 7) is 12.0. The average molecular weight is 201 g/mol. The minimum Gasteiger partial charge on any atom is -0.351 e. The second-order valence-corrected chi connectivity index (χ2v) is 2.97. The molecule has 84 valence electrons. The van der Waals surface area contributed by atoms with E-state index >= 15 is 0 Å². The van der Waals surface area contributed by atoms with Crippen molar-refractivity contribution in [1.82, 2.24) is 5.32 Å². The fourth-order valence-corrected chi connectivity index (χ4v) is 1.34. The van der Waals surface area contributed by atoms with E-state index in [1.807, 2.05) is 19.9 Å². The third kappa shape index (κ3) is 5.37. The van der Waals surface area contributed by atoms with Gasteiger partial charge in [0.1, 0.15) is 0 Å². The van der Waals surface area contributed by atoms with E-state index in [9.17, 15) is 0 Å². The van der Waals surface area contributed by atoms with Gasteiger partial charge in [0.2, 0.25) is 0 Å². The van der Waals surface area contributed by atoms with Crippen molar-refractivity contribution >= 4 is 0 Å². The van der Waals surface area contributed by atoms with Crippen LogP contribution in [-0.2, 0) is 9.47 Å². The average Bonchev–Trinajstić information content (AvgIpc) is 2.17. The zero-order valence-corrected chi connectivity index (χ0v) is 9.58. The molecule has 0 saturated carbocycles. The molecule has 0 aromatic heterocycles. The molecule has 0 bridgehead atoms. The normalized spacial score (nSPS) is 13.1. The van der Waals surface area contributed by atoms with Crippen LogP contribution in [0.1, 0.15) is 27.2 Å². The molecule has 0 aliphatic carbocycles. The minimum atomic E-state index is -0.164. The summed E-state index contributed by atoms with van der Waals surface area (Å²) in [5.74, 6) is 0. The van der Waals surface area contributed by atoms with E-state index in [0.29, 0.717) is 13.2 Å². The third-order valence-corrected chi connectivity index (χ3v) is 1.88. The molecule has 0 rings (SSSR count). The summed E-state index contributed by atoms with van der Waals surface area (Å²) in [6.07, 6.45) is 2.58. The monoisotopic (exact) mass is 201 g/mol. The zero-order valence-electron chi connectivity index (χ0n) is 9.58. The van der Waals surface area contributed by atoms with Crippen molar-refractivity contribution in [2.24, 2.45) is 0 Å². The van der Waals surface area contributed by atoms with Gasteiger partial charge in [0.25, 0.3) is 0 Å². The number of hydrogen-bond acceptors (Lipinski definition) is 3. The Hall–Kier alpha value is -0.380. The lowest BCUT2D eigenvalue weighted by Gasteiger charge is -2.26. The van der Waals surface area contributed by atoms with Crippen LogP contribution in [0.15, 0.2) is 12.7 Å². The van der Waals surface area contributed by atoms with E-state index in [1.165, 1.54) is 0 Å². The van der Waals surface area contributed by atoms with Crippen LogP contribution in [-0.4, -0.2) is 32.1 Å². The van der Waals surface area contributed by atoms with Crippen molar-refractivity contribution in [3.05, 3.63) is 12.7 Å². The highest BCUT2D eigenvalue weighted by atomic mass is 16.7. The van der Waals surface area contributed by atoms with Gasteiger partial charge in [-0.05, 0) is 26.8 Å². The van der Waals surface area contributed by atoms with Crippen LogP contribution in [0.25, 0.3) is 0 Å². The smallest absolute Gasteiger partial charge is 0.172 e. The van der Waals surface area contributed by atoms with E-state index in [0.717, 1.165) is 13.0 Å². The van der Waals surface area contributed by atoms with Crippen LogP contribution in [0.3, 0.4) is 0 Å². The van der Waals surface area contributed by atoms with Crippen molar-refractivity contribution in [3.8, 4) is 0 Å². The highest BCUT2D eigenvalue weighted by Crippen LogP contribution is 2.06. The lowest BCUT2D eigenvalue weighted by Crippen LogP contribution is -2.42. The van der Waals surface area contributed by atoms with Crippen molar-refractivity contribution in [2.75, 3.05) is 19.8 Å². The van der Waals surface area contributed by atoms with E-state index in [2.05, 4.69) is 18.8 Å². The van der Waals surface area contributed by atoms with Gasteiger partial charge in [-0.1, -0.05) is 13.0 Å². The first-order chi connectivity index (χ1) is 6.79.